The van der Waals surface area contributed by atoms with Crippen molar-refractivity contribution in [2.24, 2.45) is 5.92 Å². The van der Waals surface area contributed by atoms with Crippen LogP contribution >= 0.6 is 0 Å². The lowest BCUT2D eigenvalue weighted by atomic mass is 10.0. The van der Waals surface area contributed by atoms with Crippen LogP contribution in [0.15, 0.2) is 66.2 Å². The number of hydrogen-bond acceptors (Lipinski definition) is 3. The highest BCUT2D eigenvalue weighted by Crippen LogP contribution is 2.40. The highest BCUT2D eigenvalue weighted by molar-refractivity contribution is 6.24. The van der Waals surface area contributed by atoms with E-state index in [4.69, 9.17) is 4.74 Å². The Morgan fingerprint density at radius 2 is 1.72 bits per heavy atom. The lowest BCUT2D eigenvalue weighted by Crippen LogP contribution is -2.30. The maximum Gasteiger partial charge on any atom is 0.410 e. The number of ether oxygens (including phenoxy) is 1. The predicted octanol–water partition coefficient (Wildman–Crippen LogP) is 3.68. The van der Waals surface area contributed by atoms with Crippen molar-refractivity contribution in [3.8, 4) is 0 Å². The van der Waals surface area contributed by atoms with E-state index >= 15 is 0 Å². The third-order valence-corrected chi connectivity index (χ3v) is 4.85. The summed E-state index contributed by atoms with van der Waals surface area (Å²) >= 11 is 0. The molecule has 4 heteroatoms. The second-order valence-electron chi connectivity index (χ2n) is 6.51. The number of allylic oxidation sites excluding steroid dienone is 1. The van der Waals surface area contributed by atoms with Crippen molar-refractivity contribution in [3.63, 3.8) is 0 Å². The molecule has 1 saturated heterocycles. The molecule has 1 amide bonds. The van der Waals surface area contributed by atoms with Crippen LogP contribution in [0.1, 0.15) is 17.5 Å². The molecule has 0 radical (unpaired) electrons. The van der Waals surface area contributed by atoms with Gasteiger partial charge in [0.1, 0.15) is 6.61 Å². The van der Waals surface area contributed by atoms with Crippen molar-refractivity contribution >= 4 is 17.4 Å². The van der Waals surface area contributed by atoms with Crippen LogP contribution in [0.5, 0.6) is 0 Å². The first-order chi connectivity index (χ1) is 12.2. The van der Waals surface area contributed by atoms with E-state index in [0.717, 1.165) is 22.3 Å². The number of fused-ring (bicyclic) bond motifs is 1. The molecule has 2 aromatic rings. The fourth-order valence-corrected chi connectivity index (χ4v) is 3.65. The molecule has 4 rings (SSSR count). The average molecular weight is 333 g/mol. The lowest BCUT2D eigenvalue weighted by Gasteiger charge is -2.16. The summed E-state index contributed by atoms with van der Waals surface area (Å²) in [5.41, 5.74) is 3.79. The van der Waals surface area contributed by atoms with Gasteiger partial charge in [-0.2, -0.15) is 0 Å². The third-order valence-electron chi connectivity index (χ3n) is 4.85. The molecule has 2 aromatic carbocycles. The zero-order chi connectivity index (χ0) is 17.2. The molecule has 1 fully saturated rings. The summed E-state index contributed by atoms with van der Waals surface area (Å²) in [6, 6.07) is 19.4. The fourth-order valence-electron chi connectivity index (χ4n) is 3.65. The molecular formula is C21H19NO3. The molecular weight excluding hydrogens is 314 g/mol. The summed E-state index contributed by atoms with van der Waals surface area (Å²) < 4.78 is 5.42. The summed E-state index contributed by atoms with van der Waals surface area (Å²) in [7, 11) is 0. The zero-order valence-electron chi connectivity index (χ0n) is 13.9. The van der Waals surface area contributed by atoms with Crippen molar-refractivity contribution in [2.45, 2.75) is 13.0 Å². The topological polar surface area (TPSA) is 46.6 Å². The quantitative estimate of drug-likeness (QED) is 0.861. The molecule has 0 saturated carbocycles. The number of carbonyl (C=O) groups is 2. The molecule has 25 heavy (non-hydrogen) atoms. The van der Waals surface area contributed by atoms with Gasteiger partial charge in [0.25, 0.3) is 0 Å². The standard InChI is InChI=1S/C21H19NO3/c23-19-11-17-12-22(21(24)25-14-15-7-3-1-4-8-15)13-18(17)20(19)16-9-5-2-6-10-16/h1-10,17H,11-14H2. The first-order valence-electron chi connectivity index (χ1n) is 8.49. The molecule has 1 unspecified atom stereocenters. The van der Waals surface area contributed by atoms with Crippen LogP contribution < -0.4 is 0 Å². The molecule has 0 bridgehead atoms. The molecule has 1 aliphatic carbocycles. The molecule has 126 valence electrons. The Balaban J connectivity index is 1.48. The third kappa shape index (κ3) is 3.07. The van der Waals surface area contributed by atoms with E-state index in [1.165, 1.54) is 0 Å². The normalized spacial score (nSPS) is 19.3. The van der Waals surface area contributed by atoms with E-state index in [1.807, 2.05) is 60.7 Å². The lowest BCUT2D eigenvalue weighted by molar-refractivity contribution is -0.113. The highest BCUT2D eigenvalue weighted by atomic mass is 16.6. The van der Waals surface area contributed by atoms with Crippen molar-refractivity contribution < 1.29 is 14.3 Å². The van der Waals surface area contributed by atoms with E-state index in [2.05, 4.69) is 0 Å². The molecule has 1 aliphatic heterocycles. The van der Waals surface area contributed by atoms with Crippen molar-refractivity contribution in [3.05, 3.63) is 77.4 Å². The SMILES string of the molecule is O=C1CC2CN(C(=O)OCc3ccccc3)CC2=C1c1ccccc1. The van der Waals surface area contributed by atoms with Gasteiger partial charge < -0.3 is 9.64 Å². The second kappa shape index (κ2) is 6.55. The number of nitrogens with zero attached hydrogens (tertiary/aromatic N) is 1. The zero-order valence-corrected chi connectivity index (χ0v) is 13.9. The summed E-state index contributed by atoms with van der Waals surface area (Å²) in [5, 5.41) is 0. The number of benzene rings is 2. The molecule has 1 heterocycles. The van der Waals surface area contributed by atoms with Crippen molar-refractivity contribution in [2.75, 3.05) is 13.1 Å². The average Bonchev–Trinajstić information content (AvgIpc) is 3.18. The van der Waals surface area contributed by atoms with Gasteiger partial charge in [-0.1, -0.05) is 60.7 Å². The van der Waals surface area contributed by atoms with Gasteiger partial charge in [0.2, 0.25) is 0 Å². The summed E-state index contributed by atoms with van der Waals surface area (Å²) in [6.07, 6.45) is 0.174. The van der Waals surface area contributed by atoms with Crippen LogP contribution in [-0.4, -0.2) is 29.9 Å². The molecule has 4 nitrogen and oxygen atoms in total. The molecule has 0 aromatic heterocycles. The van der Waals surface area contributed by atoms with Gasteiger partial charge in [0.05, 0.1) is 0 Å². The monoisotopic (exact) mass is 333 g/mol. The fraction of sp³-hybridized carbons (Fsp3) is 0.238. The molecule has 2 aliphatic rings. The Morgan fingerprint density at radius 1 is 1.04 bits per heavy atom. The van der Waals surface area contributed by atoms with Crippen LogP contribution in [0.2, 0.25) is 0 Å². The maximum absolute atomic E-state index is 12.4. The Hall–Kier alpha value is -2.88. The molecule has 1 atom stereocenters. The number of rotatable bonds is 3. The minimum absolute atomic E-state index is 0.131. The second-order valence-corrected chi connectivity index (χ2v) is 6.51. The summed E-state index contributed by atoms with van der Waals surface area (Å²) in [6.45, 7) is 1.31. The van der Waals surface area contributed by atoms with Gasteiger partial charge in [-0.3, -0.25) is 4.79 Å². The van der Waals surface area contributed by atoms with E-state index in [9.17, 15) is 9.59 Å². The van der Waals surface area contributed by atoms with Gasteiger partial charge in [0.15, 0.2) is 5.78 Å². The summed E-state index contributed by atoms with van der Waals surface area (Å²) in [4.78, 5) is 26.5. The number of ketones is 1. The Kier molecular flexibility index (Phi) is 4.10. The predicted molar refractivity (Wildman–Crippen MR) is 94.7 cm³/mol. The minimum Gasteiger partial charge on any atom is -0.445 e. The van der Waals surface area contributed by atoms with Crippen LogP contribution in [0.4, 0.5) is 4.79 Å². The Labute approximate surface area is 146 Å². The summed E-state index contributed by atoms with van der Waals surface area (Å²) in [5.74, 6) is 0.315. The Morgan fingerprint density at radius 3 is 2.44 bits per heavy atom. The maximum atomic E-state index is 12.4. The van der Waals surface area contributed by atoms with E-state index in [0.29, 0.717) is 19.5 Å². The van der Waals surface area contributed by atoms with Gasteiger partial charge in [-0.15, -0.1) is 0 Å². The van der Waals surface area contributed by atoms with E-state index in [1.54, 1.807) is 4.90 Å². The van der Waals surface area contributed by atoms with Gasteiger partial charge >= 0.3 is 6.09 Å². The van der Waals surface area contributed by atoms with Crippen molar-refractivity contribution in [1.29, 1.82) is 0 Å². The van der Waals surface area contributed by atoms with Gasteiger partial charge in [-0.05, 0) is 16.7 Å². The van der Waals surface area contributed by atoms with Crippen LogP contribution in [0.3, 0.4) is 0 Å². The minimum atomic E-state index is -0.314. The largest absolute Gasteiger partial charge is 0.445 e. The molecule has 0 N–H and O–H groups in total. The van der Waals surface area contributed by atoms with Gasteiger partial charge in [-0.25, -0.2) is 4.79 Å². The van der Waals surface area contributed by atoms with E-state index < -0.39 is 0 Å². The first-order valence-corrected chi connectivity index (χ1v) is 8.49. The number of hydrogen-bond donors (Lipinski definition) is 0. The molecule has 0 spiro atoms. The highest BCUT2D eigenvalue weighted by Gasteiger charge is 2.41. The number of Topliss-reactive ketones (excluding diaryl/α,β-unsaturated/α-hetero) is 1. The van der Waals surface area contributed by atoms with Gasteiger partial charge in [0, 0.05) is 31.0 Å². The van der Waals surface area contributed by atoms with Crippen molar-refractivity contribution in [1.82, 2.24) is 4.90 Å². The van der Waals surface area contributed by atoms with Crippen LogP contribution in [0, 0.1) is 5.92 Å². The van der Waals surface area contributed by atoms with Crippen LogP contribution in [-0.2, 0) is 16.1 Å². The number of amides is 1. The van der Waals surface area contributed by atoms with Crippen LogP contribution in [0.25, 0.3) is 5.57 Å². The van der Waals surface area contributed by atoms with E-state index in [-0.39, 0.29) is 24.4 Å². The number of carbonyl (C=O) groups excluding carboxylic acids is 2. The number of likely N-dealkylation sites (tertiary alicyclic amines) is 1. The Bertz CT molecular complexity index is 827. The smallest absolute Gasteiger partial charge is 0.410 e. The first kappa shape index (κ1) is 15.6.